The van der Waals surface area contributed by atoms with Crippen molar-refractivity contribution in [3.05, 3.63) is 74.3 Å². The Kier molecular flexibility index (Phi) is 8.51. The Hall–Kier alpha value is -2.41. The van der Waals surface area contributed by atoms with Crippen LogP contribution in [0.3, 0.4) is 0 Å². The van der Waals surface area contributed by atoms with Gasteiger partial charge in [0.05, 0.1) is 40.7 Å². The molecule has 1 unspecified atom stereocenters. The fraction of sp³-hybridized carbons (Fsp3) is 0.400. The van der Waals surface area contributed by atoms with Crippen LogP contribution in [0, 0.1) is 5.92 Å². The van der Waals surface area contributed by atoms with Crippen LogP contribution in [0.5, 0.6) is 0 Å². The number of carbonyl (C=O) groups excluding carboxylic acids is 1. The molecule has 0 aliphatic rings. The lowest BCUT2D eigenvalue weighted by atomic mass is 10.1. The third-order valence-corrected chi connectivity index (χ3v) is 6.00. The number of benzene rings is 2. The van der Waals surface area contributed by atoms with Gasteiger partial charge in [-0.15, -0.1) is 0 Å². The molecule has 0 N–H and O–H groups in total. The average molecular weight is 490 g/mol. The molecule has 1 amide bonds. The zero-order valence-corrected chi connectivity index (χ0v) is 20.9. The molecule has 1 heterocycles. The molecule has 0 saturated carbocycles. The van der Waals surface area contributed by atoms with E-state index in [0.29, 0.717) is 58.5 Å². The van der Waals surface area contributed by atoms with Gasteiger partial charge in [-0.3, -0.25) is 14.2 Å². The van der Waals surface area contributed by atoms with Crippen LogP contribution in [0.4, 0.5) is 0 Å². The predicted octanol–water partition coefficient (Wildman–Crippen LogP) is 5.60. The Morgan fingerprint density at radius 2 is 1.91 bits per heavy atom. The number of halogens is 2. The maximum Gasteiger partial charge on any atom is 0.261 e. The molecule has 2 aromatic carbocycles. The van der Waals surface area contributed by atoms with Crippen LogP contribution >= 0.6 is 23.2 Å². The maximum atomic E-state index is 13.7. The van der Waals surface area contributed by atoms with Crippen molar-refractivity contribution < 1.29 is 9.53 Å². The van der Waals surface area contributed by atoms with E-state index in [2.05, 4.69) is 0 Å². The zero-order chi connectivity index (χ0) is 24.1. The normalized spacial score (nSPS) is 12.3. The fourth-order valence-corrected chi connectivity index (χ4v) is 4.43. The van der Waals surface area contributed by atoms with E-state index in [9.17, 15) is 9.59 Å². The summed E-state index contributed by atoms with van der Waals surface area (Å²) in [5.74, 6) is 0.504. The first-order chi connectivity index (χ1) is 15.8. The quantitative estimate of drug-likeness (QED) is 0.392. The number of carbonyl (C=O) groups is 1. The lowest BCUT2D eigenvalue weighted by Crippen LogP contribution is -2.41. The van der Waals surface area contributed by atoms with Crippen molar-refractivity contribution in [2.75, 3.05) is 20.3 Å². The Morgan fingerprint density at radius 1 is 1.18 bits per heavy atom. The van der Waals surface area contributed by atoms with Gasteiger partial charge in [-0.1, -0.05) is 56.1 Å². The topological polar surface area (TPSA) is 64.4 Å². The van der Waals surface area contributed by atoms with E-state index in [1.54, 1.807) is 40.8 Å². The highest BCUT2D eigenvalue weighted by molar-refractivity contribution is 6.36. The molecule has 0 saturated heterocycles. The molecule has 0 bridgehead atoms. The van der Waals surface area contributed by atoms with Gasteiger partial charge in [0, 0.05) is 18.7 Å². The number of ether oxygens (including phenoxy) is 1. The van der Waals surface area contributed by atoms with Crippen molar-refractivity contribution in [1.29, 1.82) is 0 Å². The van der Waals surface area contributed by atoms with Crippen LogP contribution in [0.2, 0.25) is 10.0 Å². The van der Waals surface area contributed by atoms with E-state index in [1.807, 2.05) is 39.0 Å². The molecular formula is C25H29Cl2N3O3. The summed E-state index contributed by atoms with van der Waals surface area (Å²) in [7, 11) is 1.59. The van der Waals surface area contributed by atoms with E-state index in [-0.39, 0.29) is 17.4 Å². The van der Waals surface area contributed by atoms with Crippen molar-refractivity contribution in [3.8, 4) is 0 Å². The van der Waals surface area contributed by atoms with Gasteiger partial charge in [0.15, 0.2) is 0 Å². The first-order valence-corrected chi connectivity index (χ1v) is 11.8. The number of nitrogens with zero attached hydrogens (tertiary/aromatic N) is 3. The summed E-state index contributed by atoms with van der Waals surface area (Å²) in [6.07, 6.45) is 0.571. The fourth-order valence-electron chi connectivity index (χ4n) is 3.94. The van der Waals surface area contributed by atoms with Crippen LogP contribution in [-0.2, 0) is 11.3 Å². The molecule has 33 heavy (non-hydrogen) atoms. The molecule has 0 aliphatic heterocycles. The summed E-state index contributed by atoms with van der Waals surface area (Å²) in [6, 6.07) is 11.7. The summed E-state index contributed by atoms with van der Waals surface area (Å²) in [5.41, 5.74) is 0.824. The number of amides is 1. The molecule has 3 rings (SSSR count). The van der Waals surface area contributed by atoms with Crippen LogP contribution in [-0.4, -0.2) is 40.6 Å². The van der Waals surface area contributed by atoms with Crippen LogP contribution < -0.4 is 5.56 Å². The van der Waals surface area contributed by atoms with E-state index >= 15 is 0 Å². The SMILES string of the molecule is CCC(c1nc2ccccc2c(=O)n1CCOC)N(CC(C)C)C(=O)c1ccc(Cl)cc1Cl. The number of rotatable bonds is 9. The molecule has 0 radical (unpaired) electrons. The highest BCUT2D eigenvalue weighted by Crippen LogP contribution is 2.29. The smallest absolute Gasteiger partial charge is 0.261 e. The molecule has 3 aromatic rings. The number of fused-ring (bicyclic) bond motifs is 1. The van der Waals surface area contributed by atoms with Gasteiger partial charge in [0.2, 0.25) is 0 Å². The molecule has 0 aliphatic carbocycles. The first-order valence-electron chi connectivity index (χ1n) is 11.0. The number of methoxy groups -OCH3 is 1. The monoisotopic (exact) mass is 489 g/mol. The summed E-state index contributed by atoms with van der Waals surface area (Å²) in [5, 5.41) is 1.29. The van der Waals surface area contributed by atoms with Crippen LogP contribution in [0.1, 0.15) is 49.4 Å². The minimum atomic E-state index is -0.430. The Labute approximate surface area is 204 Å². The lowest BCUT2D eigenvalue weighted by molar-refractivity contribution is 0.0626. The number of hydrogen-bond acceptors (Lipinski definition) is 4. The second-order valence-electron chi connectivity index (χ2n) is 8.34. The first kappa shape index (κ1) is 25.2. The maximum absolute atomic E-state index is 13.7. The van der Waals surface area contributed by atoms with Crippen molar-refractivity contribution in [1.82, 2.24) is 14.5 Å². The Balaban J connectivity index is 2.19. The van der Waals surface area contributed by atoms with E-state index in [1.165, 1.54) is 0 Å². The molecule has 1 aromatic heterocycles. The van der Waals surface area contributed by atoms with Gasteiger partial charge in [0.25, 0.3) is 11.5 Å². The third-order valence-electron chi connectivity index (χ3n) is 5.46. The second-order valence-corrected chi connectivity index (χ2v) is 9.18. The largest absolute Gasteiger partial charge is 0.383 e. The molecule has 6 nitrogen and oxygen atoms in total. The van der Waals surface area contributed by atoms with Gasteiger partial charge in [0.1, 0.15) is 5.82 Å². The van der Waals surface area contributed by atoms with E-state index < -0.39 is 6.04 Å². The van der Waals surface area contributed by atoms with Gasteiger partial charge >= 0.3 is 0 Å². The van der Waals surface area contributed by atoms with Gasteiger partial charge in [-0.25, -0.2) is 4.98 Å². The van der Waals surface area contributed by atoms with Crippen molar-refractivity contribution in [2.45, 2.75) is 39.8 Å². The highest BCUT2D eigenvalue weighted by atomic mass is 35.5. The van der Waals surface area contributed by atoms with Crippen molar-refractivity contribution in [2.24, 2.45) is 5.92 Å². The summed E-state index contributed by atoms with van der Waals surface area (Å²) in [6.45, 7) is 7.24. The van der Waals surface area contributed by atoms with Crippen LogP contribution in [0.15, 0.2) is 47.3 Å². The molecule has 8 heteroatoms. The standard InChI is InChI=1S/C25H29Cl2N3O3/c1-5-22(30(15-16(2)3)24(31)18-11-10-17(26)14-20(18)27)23-28-21-9-7-6-8-19(21)25(32)29(23)12-13-33-4/h6-11,14,16,22H,5,12-13,15H2,1-4H3. The predicted molar refractivity (Wildman–Crippen MR) is 133 cm³/mol. The van der Waals surface area contributed by atoms with Gasteiger partial charge in [-0.05, 0) is 42.7 Å². The Bertz CT molecular complexity index is 1190. The average Bonchev–Trinajstić information content (AvgIpc) is 2.78. The Morgan fingerprint density at radius 3 is 2.55 bits per heavy atom. The van der Waals surface area contributed by atoms with Crippen LogP contribution in [0.25, 0.3) is 10.9 Å². The number of hydrogen-bond donors (Lipinski definition) is 0. The third kappa shape index (κ3) is 5.57. The summed E-state index contributed by atoms with van der Waals surface area (Å²) in [4.78, 5) is 33.7. The molecular weight excluding hydrogens is 461 g/mol. The van der Waals surface area contributed by atoms with Crippen molar-refractivity contribution in [3.63, 3.8) is 0 Å². The van der Waals surface area contributed by atoms with Gasteiger partial charge in [-0.2, -0.15) is 0 Å². The summed E-state index contributed by atoms with van der Waals surface area (Å²) < 4.78 is 6.88. The van der Waals surface area contributed by atoms with Crippen molar-refractivity contribution >= 4 is 40.0 Å². The van der Waals surface area contributed by atoms with E-state index in [0.717, 1.165) is 0 Å². The van der Waals surface area contributed by atoms with Gasteiger partial charge < -0.3 is 9.64 Å². The molecule has 1 atom stereocenters. The minimum Gasteiger partial charge on any atom is -0.383 e. The number of aromatic nitrogens is 2. The van der Waals surface area contributed by atoms with E-state index in [4.69, 9.17) is 32.9 Å². The molecule has 176 valence electrons. The molecule has 0 spiro atoms. The highest BCUT2D eigenvalue weighted by Gasteiger charge is 2.30. The second kappa shape index (κ2) is 11.1. The lowest BCUT2D eigenvalue weighted by Gasteiger charge is -2.34. The zero-order valence-electron chi connectivity index (χ0n) is 19.3. The number of para-hydroxylation sites is 1. The molecule has 0 fully saturated rings. The summed E-state index contributed by atoms with van der Waals surface area (Å²) >= 11 is 12.4. The minimum absolute atomic E-state index is 0.146.